The lowest BCUT2D eigenvalue weighted by atomic mass is 9.96. The molecule has 0 saturated heterocycles. The normalized spacial score (nSPS) is 11.2. The summed E-state index contributed by atoms with van der Waals surface area (Å²) in [4.78, 5) is 32.4. The molecule has 18 heavy (non-hydrogen) atoms. The van der Waals surface area contributed by atoms with Crippen LogP contribution >= 0.6 is 0 Å². The first kappa shape index (κ1) is 15.7. The van der Waals surface area contributed by atoms with Gasteiger partial charge in [-0.05, 0) is 5.56 Å². The maximum Gasteiger partial charge on any atom is 0.311 e. The van der Waals surface area contributed by atoms with Crippen molar-refractivity contribution in [3.63, 3.8) is 0 Å². The number of rotatable bonds is 5. The van der Waals surface area contributed by atoms with Crippen LogP contribution in [0.25, 0.3) is 0 Å². The third-order valence-electron chi connectivity index (χ3n) is 2.34. The fraction of sp³-hybridized carbons (Fsp3) is 0.273. The van der Waals surface area contributed by atoms with Crippen molar-refractivity contribution in [1.82, 2.24) is 0 Å². The van der Waals surface area contributed by atoms with E-state index in [4.69, 9.17) is 10.2 Å². The van der Waals surface area contributed by atoms with Gasteiger partial charge < -0.3 is 15.7 Å². The van der Waals surface area contributed by atoms with Gasteiger partial charge in [-0.1, -0.05) is 12.1 Å². The number of benzene rings is 1. The van der Waals surface area contributed by atoms with Gasteiger partial charge in [-0.15, -0.1) is 0 Å². The van der Waals surface area contributed by atoms with Crippen molar-refractivity contribution < 1.29 is 30.0 Å². The molecule has 7 nitrogen and oxygen atoms in total. The van der Waals surface area contributed by atoms with Gasteiger partial charge in [0, 0.05) is 21.8 Å². The fourth-order valence-corrected chi connectivity index (χ4v) is 1.44. The number of carbonyl (C=O) groups is 2. The summed E-state index contributed by atoms with van der Waals surface area (Å²) in [6.07, 6.45) is -0.484. The first-order chi connectivity index (χ1) is 7.91. The number of carboxylic acids is 2. The lowest BCUT2D eigenvalue weighted by Gasteiger charge is -2.09. The maximum atomic E-state index is 10.9. The molecule has 0 bridgehead atoms. The SMILES string of the molecule is C[N+](=O)c1ccc(C(CC(=O)O)C(=O)O)cc1.[OH-]. The van der Waals surface area contributed by atoms with Gasteiger partial charge in [-0.25, -0.2) is 0 Å². The summed E-state index contributed by atoms with van der Waals surface area (Å²) >= 11 is 0. The van der Waals surface area contributed by atoms with Crippen molar-refractivity contribution in [2.75, 3.05) is 7.05 Å². The molecular formula is C11H13NO6. The molecule has 0 spiro atoms. The van der Waals surface area contributed by atoms with Crippen LogP contribution in [0.4, 0.5) is 5.69 Å². The Kier molecular flexibility index (Phi) is 5.64. The van der Waals surface area contributed by atoms with Crippen LogP contribution in [0.1, 0.15) is 17.9 Å². The highest BCUT2D eigenvalue weighted by atomic mass is 16.4. The van der Waals surface area contributed by atoms with Crippen LogP contribution in [0.5, 0.6) is 0 Å². The van der Waals surface area contributed by atoms with E-state index < -0.39 is 24.3 Å². The van der Waals surface area contributed by atoms with Gasteiger partial charge >= 0.3 is 11.9 Å². The third-order valence-corrected chi connectivity index (χ3v) is 2.34. The second-order valence-electron chi connectivity index (χ2n) is 3.58. The number of aliphatic carboxylic acids is 2. The largest absolute Gasteiger partial charge is 0.870 e. The van der Waals surface area contributed by atoms with Crippen LogP contribution in [0.3, 0.4) is 0 Å². The first-order valence-corrected chi connectivity index (χ1v) is 4.87. The Hall–Kier alpha value is -2.28. The number of hydrogen-bond donors (Lipinski definition) is 2. The summed E-state index contributed by atoms with van der Waals surface area (Å²) in [7, 11) is 1.32. The van der Waals surface area contributed by atoms with Gasteiger partial charge in [-0.3, -0.25) is 9.59 Å². The van der Waals surface area contributed by atoms with E-state index >= 15 is 0 Å². The smallest absolute Gasteiger partial charge is 0.311 e. The maximum absolute atomic E-state index is 10.9. The molecule has 0 radical (unpaired) electrons. The topological polar surface area (TPSA) is 125 Å². The molecule has 1 aromatic carbocycles. The average molecular weight is 255 g/mol. The van der Waals surface area contributed by atoms with Gasteiger partial charge in [0.2, 0.25) is 0 Å². The molecule has 0 aliphatic carbocycles. The van der Waals surface area contributed by atoms with Crippen molar-refractivity contribution in [1.29, 1.82) is 0 Å². The highest BCUT2D eigenvalue weighted by Gasteiger charge is 2.23. The van der Waals surface area contributed by atoms with E-state index in [0.29, 0.717) is 16.0 Å². The first-order valence-electron chi connectivity index (χ1n) is 4.87. The van der Waals surface area contributed by atoms with Crippen molar-refractivity contribution in [2.24, 2.45) is 0 Å². The quantitative estimate of drug-likeness (QED) is 0.761. The summed E-state index contributed by atoms with van der Waals surface area (Å²) in [5, 5.41) is 17.5. The van der Waals surface area contributed by atoms with E-state index in [2.05, 4.69) is 0 Å². The number of nitrogens with zero attached hydrogens (tertiary/aromatic N) is 1. The molecule has 3 N–H and O–H groups in total. The van der Waals surface area contributed by atoms with Gasteiger partial charge in [0.25, 0.3) is 5.69 Å². The molecule has 1 atom stereocenters. The summed E-state index contributed by atoms with van der Waals surface area (Å²) in [5.41, 5.74) is 0.749. The van der Waals surface area contributed by atoms with Crippen molar-refractivity contribution in [3.8, 4) is 0 Å². The van der Waals surface area contributed by atoms with Crippen LogP contribution in [0.2, 0.25) is 0 Å². The van der Waals surface area contributed by atoms with Crippen LogP contribution < -0.4 is 0 Å². The Morgan fingerprint density at radius 3 is 2.06 bits per heavy atom. The second kappa shape index (κ2) is 6.45. The van der Waals surface area contributed by atoms with Crippen LogP contribution in [-0.2, 0) is 9.59 Å². The van der Waals surface area contributed by atoms with Gasteiger partial charge in [0.05, 0.1) is 12.3 Å². The zero-order valence-corrected chi connectivity index (χ0v) is 9.61. The molecule has 1 aromatic rings. The standard InChI is InChI=1S/C11H11NO5.H2O/c1-12(17)8-4-2-7(3-5-8)9(11(15)16)6-10(13)14;/h2-5,9H,6H2,1H3,(H-,13,14,15,16);1H2. The van der Waals surface area contributed by atoms with E-state index in [1.165, 1.54) is 31.3 Å². The Balaban J connectivity index is 0.00000289. The minimum atomic E-state index is -1.20. The molecule has 0 fully saturated rings. The van der Waals surface area contributed by atoms with Gasteiger partial charge in [0.15, 0.2) is 7.05 Å². The number of nitroso groups, excluding NO2 is 1. The Bertz CT molecular complexity index is 453. The molecule has 0 aromatic heterocycles. The predicted octanol–water partition coefficient (Wildman–Crippen LogP) is 1.19. The van der Waals surface area contributed by atoms with Crippen LogP contribution in [0.15, 0.2) is 24.3 Å². The molecule has 0 saturated carbocycles. The van der Waals surface area contributed by atoms with E-state index in [1.807, 2.05) is 0 Å². The average Bonchev–Trinajstić information content (AvgIpc) is 2.25. The molecule has 0 heterocycles. The third kappa shape index (κ3) is 3.95. The summed E-state index contributed by atoms with van der Waals surface area (Å²) in [5.74, 6) is -3.48. The van der Waals surface area contributed by atoms with Gasteiger partial charge in [0.1, 0.15) is 0 Å². The summed E-state index contributed by atoms with van der Waals surface area (Å²) in [6.45, 7) is 0. The molecule has 0 amide bonds. The van der Waals surface area contributed by atoms with E-state index in [1.54, 1.807) is 0 Å². The zero-order valence-electron chi connectivity index (χ0n) is 9.61. The second-order valence-corrected chi connectivity index (χ2v) is 3.58. The van der Waals surface area contributed by atoms with E-state index in [-0.39, 0.29) is 5.48 Å². The molecule has 7 heteroatoms. The lowest BCUT2D eigenvalue weighted by Crippen LogP contribution is -2.15. The van der Waals surface area contributed by atoms with Crippen LogP contribution in [-0.4, -0.2) is 39.4 Å². The molecule has 1 unspecified atom stereocenters. The van der Waals surface area contributed by atoms with Crippen molar-refractivity contribution >= 4 is 17.6 Å². The number of hydrogen-bond acceptors (Lipinski definition) is 4. The number of carboxylic acid groups (broad SMARTS) is 2. The minimum absolute atomic E-state index is 0. The molecule has 98 valence electrons. The Labute approximate surface area is 103 Å². The highest BCUT2D eigenvalue weighted by Crippen LogP contribution is 2.22. The lowest BCUT2D eigenvalue weighted by molar-refractivity contribution is -0.428. The Morgan fingerprint density at radius 1 is 1.22 bits per heavy atom. The minimum Gasteiger partial charge on any atom is -0.870 e. The molecule has 0 aliphatic heterocycles. The van der Waals surface area contributed by atoms with Crippen LogP contribution in [0, 0.1) is 4.91 Å². The highest BCUT2D eigenvalue weighted by molar-refractivity contribution is 5.82. The fourth-order valence-electron chi connectivity index (χ4n) is 1.44. The van der Waals surface area contributed by atoms with Gasteiger partial charge in [-0.2, -0.15) is 0 Å². The van der Waals surface area contributed by atoms with E-state index in [9.17, 15) is 14.5 Å². The Morgan fingerprint density at radius 2 is 1.72 bits per heavy atom. The predicted molar refractivity (Wildman–Crippen MR) is 60.2 cm³/mol. The summed E-state index contributed by atoms with van der Waals surface area (Å²) < 4.78 is 0.636. The van der Waals surface area contributed by atoms with Crippen molar-refractivity contribution in [2.45, 2.75) is 12.3 Å². The monoisotopic (exact) mass is 255 g/mol. The summed E-state index contributed by atoms with van der Waals surface area (Å²) in [6, 6.07) is 5.82. The molecule has 0 aliphatic rings. The van der Waals surface area contributed by atoms with E-state index in [0.717, 1.165) is 0 Å². The zero-order chi connectivity index (χ0) is 13.0. The molecular weight excluding hydrogens is 242 g/mol. The van der Waals surface area contributed by atoms with Crippen molar-refractivity contribution in [3.05, 3.63) is 34.7 Å². The molecule has 1 rings (SSSR count).